The van der Waals surface area contributed by atoms with Crippen LogP contribution in [0.4, 0.5) is 0 Å². The lowest BCUT2D eigenvalue weighted by molar-refractivity contribution is 0.290. The third kappa shape index (κ3) is 4.12. The van der Waals surface area contributed by atoms with Crippen molar-refractivity contribution in [2.45, 2.75) is 11.5 Å². The summed E-state index contributed by atoms with van der Waals surface area (Å²) in [5, 5.41) is 11.3. The monoisotopic (exact) mass is 356 g/mol. The smallest absolute Gasteiger partial charge is 0.216 e. The maximum atomic E-state index is 5.70. The number of hydrogen-bond acceptors (Lipinski definition) is 5. The van der Waals surface area contributed by atoms with E-state index in [0.717, 1.165) is 11.3 Å². The summed E-state index contributed by atoms with van der Waals surface area (Å²) >= 11 is 6.94. The fourth-order valence-corrected chi connectivity index (χ4v) is 2.62. The van der Waals surface area contributed by atoms with Crippen LogP contribution in [-0.4, -0.2) is 27.3 Å². The molecule has 0 amide bonds. The molecule has 0 aliphatic rings. The molecule has 1 aromatic heterocycles. The van der Waals surface area contributed by atoms with Crippen molar-refractivity contribution in [3.05, 3.63) is 70.8 Å². The van der Waals surface area contributed by atoms with Crippen LogP contribution < -0.4 is 4.74 Å². The zero-order valence-electron chi connectivity index (χ0n) is 13.0. The zero-order chi connectivity index (χ0) is 16.8. The van der Waals surface area contributed by atoms with E-state index in [1.807, 2.05) is 48.7 Å². The molecule has 0 aliphatic carbocycles. The van der Waals surface area contributed by atoms with Crippen molar-refractivity contribution in [3.63, 3.8) is 0 Å². The highest BCUT2D eigenvalue weighted by atomic mass is 32.2. The highest BCUT2D eigenvalue weighted by molar-refractivity contribution is 7.98. The second-order valence-corrected chi connectivity index (χ2v) is 6.14. The molecule has 0 atom stereocenters. The zero-order valence-corrected chi connectivity index (χ0v) is 14.7. The molecule has 24 heavy (non-hydrogen) atoms. The van der Waals surface area contributed by atoms with Crippen molar-refractivity contribution in [2.24, 2.45) is 5.10 Å². The van der Waals surface area contributed by atoms with E-state index in [1.165, 1.54) is 4.90 Å². The third-order valence-electron chi connectivity index (χ3n) is 3.27. The Morgan fingerprint density at radius 1 is 1.21 bits per heavy atom. The van der Waals surface area contributed by atoms with Crippen molar-refractivity contribution < 1.29 is 4.74 Å². The second kappa shape index (κ2) is 7.94. The summed E-state index contributed by atoms with van der Waals surface area (Å²) < 4.78 is 7.70. The molecule has 0 aliphatic heterocycles. The fraction of sp³-hybridized carbons (Fsp3) is 0.118. The molecule has 0 bridgehead atoms. The second-order valence-electron chi connectivity index (χ2n) is 4.88. The van der Waals surface area contributed by atoms with Crippen molar-refractivity contribution in [1.29, 1.82) is 0 Å². The van der Waals surface area contributed by atoms with Gasteiger partial charge in [0.1, 0.15) is 12.4 Å². The number of nitrogens with one attached hydrogen (secondary N) is 1. The molecule has 3 rings (SSSR count). The van der Waals surface area contributed by atoms with Crippen molar-refractivity contribution >= 4 is 30.2 Å². The number of para-hydroxylation sites is 1. The van der Waals surface area contributed by atoms with E-state index in [1.54, 1.807) is 22.7 Å². The Balaban J connectivity index is 1.74. The first kappa shape index (κ1) is 16.5. The molecule has 0 fully saturated rings. The predicted molar refractivity (Wildman–Crippen MR) is 99.4 cm³/mol. The molecule has 3 aromatic rings. The van der Waals surface area contributed by atoms with E-state index < -0.39 is 0 Å². The van der Waals surface area contributed by atoms with Crippen molar-refractivity contribution in [3.8, 4) is 5.75 Å². The first-order chi connectivity index (χ1) is 11.8. The molecule has 0 spiro atoms. The van der Waals surface area contributed by atoms with Gasteiger partial charge >= 0.3 is 0 Å². The van der Waals surface area contributed by atoms with Crippen LogP contribution in [0.5, 0.6) is 5.75 Å². The summed E-state index contributed by atoms with van der Waals surface area (Å²) in [7, 11) is 0. The lowest BCUT2D eigenvalue weighted by atomic mass is 10.2. The molecular weight excluding hydrogens is 340 g/mol. The first-order valence-corrected chi connectivity index (χ1v) is 8.92. The number of benzene rings is 2. The Kier molecular flexibility index (Phi) is 5.45. The topological polar surface area (TPSA) is 55.2 Å². The van der Waals surface area contributed by atoms with Gasteiger partial charge in [-0.25, -0.2) is 5.10 Å². The number of aromatic nitrogens is 3. The molecule has 0 saturated carbocycles. The molecule has 0 radical (unpaired) electrons. The quantitative estimate of drug-likeness (QED) is 0.410. The summed E-state index contributed by atoms with van der Waals surface area (Å²) in [5.41, 5.74) is 0.992. The summed E-state index contributed by atoms with van der Waals surface area (Å²) in [4.78, 5) is 1.21. The van der Waals surface area contributed by atoms with Gasteiger partial charge in [-0.05, 0) is 48.3 Å². The maximum Gasteiger partial charge on any atom is 0.216 e. The van der Waals surface area contributed by atoms with Crippen LogP contribution >= 0.6 is 24.0 Å². The van der Waals surface area contributed by atoms with Gasteiger partial charge < -0.3 is 4.74 Å². The molecule has 1 N–H and O–H groups in total. The minimum absolute atomic E-state index is 0.278. The van der Waals surface area contributed by atoms with E-state index in [-0.39, 0.29) is 6.61 Å². The number of hydrogen-bond donors (Lipinski definition) is 1. The first-order valence-electron chi connectivity index (χ1n) is 7.29. The van der Waals surface area contributed by atoms with E-state index >= 15 is 0 Å². The normalized spacial score (nSPS) is 11.0. The molecule has 0 saturated heterocycles. The molecule has 5 nitrogen and oxygen atoms in total. The Hall–Kier alpha value is -2.38. The van der Waals surface area contributed by atoms with Crippen LogP contribution in [0, 0.1) is 4.77 Å². The summed E-state index contributed by atoms with van der Waals surface area (Å²) in [5.74, 6) is 1.38. The van der Waals surface area contributed by atoms with Crippen molar-refractivity contribution in [1.82, 2.24) is 14.9 Å². The van der Waals surface area contributed by atoms with E-state index in [9.17, 15) is 0 Å². The van der Waals surface area contributed by atoms with Crippen LogP contribution in [-0.2, 0) is 6.61 Å². The van der Waals surface area contributed by atoms with Gasteiger partial charge in [-0.15, -0.1) is 11.8 Å². The Labute approximate surface area is 149 Å². The van der Waals surface area contributed by atoms with Gasteiger partial charge in [0, 0.05) is 4.90 Å². The number of H-pyrrole nitrogens is 1. The van der Waals surface area contributed by atoms with E-state index in [4.69, 9.17) is 17.0 Å². The molecule has 1 heterocycles. The number of ether oxygens (including phenoxy) is 1. The van der Waals surface area contributed by atoms with Crippen LogP contribution in [0.15, 0.2) is 64.6 Å². The van der Waals surface area contributed by atoms with Gasteiger partial charge in [0.2, 0.25) is 4.77 Å². The highest BCUT2D eigenvalue weighted by Crippen LogP contribution is 2.14. The molecular formula is C17H16N4OS2. The van der Waals surface area contributed by atoms with Crippen LogP contribution in [0.1, 0.15) is 11.4 Å². The van der Waals surface area contributed by atoms with Gasteiger partial charge in [0.15, 0.2) is 5.82 Å². The average Bonchev–Trinajstić information content (AvgIpc) is 2.99. The number of thioether (sulfide) groups is 1. The summed E-state index contributed by atoms with van der Waals surface area (Å²) in [6.07, 6.45) is 3.80. The molecule has 0 unspecified atom stereocenters. The minimum Gasteiger partial charge on any atom is -0.486 e. The molecule has 7 heteroatoms. The molecule has 122 valence electrons. The standard InChI is InChI=1S/C17H16N4OS2/c1-24-15-9-7-13(8-10-15)11-18-21-16(19-20-17(21)23)12-22-14-5-3-2-4-6-14/h2-11H,12H2,1H3,(H,20,23)/b18-11-. The summed E-state index contributed by atoms with van der Waals surface area (Å²) in [6, 6.07) is 17.7. The predicted octanol–water partition coefficient (Wildman–Crippen LogP) is 4.12. The van der Waals surface area contributed by atoms with Gasteiger partial charge in [-0.3, -0.25) is 0 Å². The van der Waals surface area contributed by atoms with E-state index in [2.05, 4.69) is 27.4 Å². The van der Waals surface area contributed by atoms with Gasteiger partial charge in [0.05, 0.1) is 6.21 Å². The Morgan fingerprint density at radius 2 is 1.96 bits per heavy atom. The average molecular weight is 356 g/mol. The van der Waals surface area contributed by atoms with Gasteiger partial charge in [-0.1, -0.05) is 30.3 Å². The van der Waals surface area contributed by atoms with Crippen LogP contribution in [0.3, 0.4) is 0 Å². The SMILES string of the molecule is CSc1ccc(/C=N\n2c(COc3ccccc3)n[nH]c2=S)cc1. The largest absolute Gasteiger partial charge is 0.486 e. The van der Waals surface area contributed by atoms with Crippen LogP contribution in [0.2, 0.25) is 0 Å². The van der Waals surface area contributed by atoms with E-state index in [0.29, 0.717) is 10.6 Å². The Morgan fingerprint density at radius 3 is 2.67 bits per heavy atom. The third-order valence-corrected chi connectivity index (χ3v) is 4.27. The minimum atomic E-state index is 0.278. The number of rotatable bonds is 6. The number of aromatic amines is 1. The van der Waals surface area contributed by atoms with Crippen LogP contribution in [0.25, 0.3) is 0 Å². The Bertz CT molecular complexity index is 870. The van der Waals surface area contributed by atoms with Crippen molar-refractivity contribution in [2.75, 3.05) is 6.26 Å². The lowest BCUT2D eigenvalue weighted by Crippen LogP contribution is -2.04. The molecule has 2 aromatic carbocycles. The maximum absolute atomic E-state index is 5.70. The summed E-state index contributed by atoms with van der Waals surface area (Å²) in [6.45, 7) is 0.278. The fourth-order valence-electron chi connectivity index (χ4n) is 2.02. The highest BCUT2D eigenvalue weighted by Gasteiger charge is 2.06. The lowest BCUT2D eigenvalue weighted by Gasteiger charge is -2.05. The van der Waals surface area contributed by atoms with Gasteiger partial charge in [-0.2, -0.15) is 14.9 Å². The van der Waals surface area contributed by atoms with Gasteiger partial charge in [0.25, 0.3) is 0 Å². The number of nitrogens with zero attached hydrogens (tertiary/aromatic N) is 3.